The summed E-state index contributed by atoms with van der Waals surface area (Å²) in [5.74, 6) is 5.81. The highest BCUT2D eigenvalue weighted by Gasteiger charge is 2.55. The zero-order valence-corrected chi connectivity index (χ0v) is 19.8. The van der Waals surface area contributed by atoms with Crippen molar-refractivity contribution >= 4 is 12.0 Å². The molecule has 1 amide bonds. The van der Waals surface area contributed by atoms with Crippen molar-refractivity contribution in [1.82, 2.24) is 14.9 Å². The van der Waals surface area contributed by atoms with Gasteiger partial charge in [-0.2, -0.15) is 13.2 Å². The Labute approximate surface area is 202 Å². The maximum Gasteiger partial charge on any atom is 0.423 e. The van der Waals surface area contributed by atoms with Gasteiger partial charge in [0, 0.05) is 31.0 Å². The zero-order chi connectivity index (χ0) is 26.1. The monoisotopic (exact) mass is 494 g/mol. The van der Waals surface area contributed by atoms with E-state index >= 15 is 0 Å². The molecule has 190 valence electrons. The highest BCUT2D eigenvalue weighted by molar-refractivity contribution is 5.68. The number of hydrogen-bond acceptors (Lipinski definition) is 7. The van der Waals surface area contributed by atoms with E-state index in [1.165, 1.54) is 4.90 Å². The predicted molar refractivity (Wildman–Crippen MR) is 123 cm³/mol. The number of carbonyl (C=O) groups excluding carboxylic acids is 1. The molecular weight excluding hydrogens is 465 g/mol. The van der Waals surface area contributed by atoms with Crippen molar-refractivity contribution in [3.8, 4) is 11.8 Å². The molecule has 2 N–H and O–H groups in total. The van der Waals surface area contributed by atoms with Crippen LogP contribution in [0.25, 0.3) is 0 Å². The molecule has 0 aliphatic carbocycles. The maximum atomic E-state index is 13.2. The van der Waals surface area contributed by atoms with Crippen LogP contribution in [0.15, 0.2) is 42.7 Å². The molecule has 0 radical (unpaired) electrons. The highest BCUT2D eigenvalue weighted by Crippen LogP contribution is 2.38. The molecule has 0 saturated carbocycles. The number of halogens is 3. The number of piperazine rings is 1. The van der Waals surface area contributed by atoms with Gasteiger partial charge >= 0.3 is 12.3 Å². The molecule has 11 heteroatoms. The maximum absolute atomic E-state index is 13.2. The normalized spacial score (nSPS) is 17.3. The number of anilines is 1. The van der Waals surface area contributed by atoms with Crippen LogP contribution in [0.3, 0.4) is 0 Å². The van der Waals surface area contributed by atoms with E-state index in [9.17, 15) is 23.1 Å². The minimum atomic E-state index is -5.10. The summed E-state index contributed by atoms with van der Waals surface area (Å²) in [5.41, 5.74) is -3.29. The largest absolute Gasteiger partial charge is 0.445 e. The summed E-state index contributed by atoms with van der Waals surface area (Å²) >= 11 is 0. The third-order valence-electron chi connectivity index (χ3n) is 5.23. The lowest BCUT2D eigenvalue weighted by molar-refractivity contribution is -0.277. The first-order valence-corrected chi connectivity index (χ1v) is 11.1. The van der Waals surface area contributed by atoms with Gasteiger partial charge in [0.25, 0.3) is 0 Å². The lowest BCUT2D eigenvalue weighted by Crippen LogP contribution is -2.55. The second kappa shape index (κ2) is 12.4. The average Bonchev–Trinajstić information content (AvgIpc) is 2.88. The van der Waals surface area contributed by atoms with Gasteiger partial charge in [0.15, 0.2) is 0 Å². The molecule has 2 unspecified atom stereocenters. The van der Waals surface area contributed by atoms with Gasteiger partial charge in [0.1, 0.15) is 12.6 Å². The lowest BCUT2D eigenvalue weighted by Gasteiger charge is -2.38. The van der Waals surface area contributed by atoms with Gasteiger partial charge in [-0.1, -0.05) is 50.1 Å². The van der Waals surface area contributed by atoms with Crippen LogP contribution in [0.1, 0.15) is 31.9 Å². The second-order valence-corrected chi connectivity index (χ2v) is 7.38. The Bertz CT molecular complexity index is 1010. The summed E-state index contributed by atoms with van der Waals surface area (Å²) < 4.78 is 44.8. The average molecular weight is 495 g/mol. The number of alkyl halides is 3. The Kier molecular flexibility index (Phi) is 9.86. The number of aliphatic hydroxyl groups excluding tert-OH is 1. The number of hydrogen-bond donors (Lipinski definition) is 2. The molecule has 1 fully saturated rings. The summed E-state index contributed by atoms with van der Waals surface area (Å²) in [6.07, 6.45) is -3.96. The Morgan fingerprint density at radius 1 is 1.17 bits per heavy atom. The molecule has 35 heavy (non-hydrogen) atoms. The minimum absolute atomic E-state index is 0.0891. The van der Waals surface area contributed by atoms with Crippen LogP contribution >= 0.6 is 0 Å². The van der Waals surface area contributed by atoms with Gasteiger partial charge in [-0.3, -0.25) is 0 Å². The van der Waals surface area contributed by atoms with Crippen LogP contribution in [0, 0.1) is 11.8 Å². The lowest BCUT2D eigenvalue weighted by atomic mass is 9.97. The molecule has 8 nitrogen and oxygen atoms in total. The predicted octanol–water partition coefficient (Wildman–Crippen LogP) is 3.10. The van der Waals surface area contributed by atoms with E-state index < -0.39 is 36.1 Å². The van der Waals surface area contributed by atoms with E-state index in [4.69, 9.17) is 9.84 Å². The zero-order valence-electron chi connectivity index (χ0n) is 19.8. The molecule has 1 aromatic heterocycles. The Morgan fingerprint density at radius 3 is 2.34 bits per heavy atom. The minimum Gasteiger partial charge on any atom is -0.445 e. The number of rotatable bonds is 5. The highest BCUT2D eigenvalue weighted by atomic mass is 19.4. The first kappa shape index (κ1) is 27.9. The second-order valence-electron chi connectivity index (χ2n) is 7.38. The van der Waals surface area contributed by atoms with E-state index in [0.717, 1.165) is 18.0 Å². The van der Waals surface area contributed by atoms with Gasteiger partial charge in [0.2, 0.25) is 11.5 Å². The van der Waals surface area contributed by atoms with E-state index in [0.29, 0.717) is 0 Å². The molecule has 2 atom stereocenters. The molecule has 1 aliphatic heterocycles. The van der Waals surface area contributed by atoms with Gasteiger partial charge < -0.3 is 24.7 Å². The quantitative estimate of drug-likeness (QED) is 0.617. The molecule has 0 bridgehead atoms. The van der Waals surface area contributed by atoms with Crippen molar-refractivity contribution in [1.29, 1.82) is 0 Å². The van der Waals surface area contributed by atoms with Gasteiger partial charge in [-0.25, -0.2) is 14.8 Å². The summed E-state index contributed by atoms with van der Waals surface area (Å²) in [5, 5.41) is 18.9. The number of benzene rings is 1. The van der Waals surface area contributed by atoms with Crippen LogP contribution in [0.4, 0.5) is 23.9 Å². The van der Waals surface area contributed by atoms with Crippen molar-refractivity contribution in [2.24, 2.45) is 0 Å². The number of nitrogens with zero attached hydrogens (tertiary/aromatic N) is 4. The van der Waals surface area contributed by atoms with Crippen molar-refractivity contribution in [2.75, 3.05) is 31.1 Å². The van der Waals surface area contributed by atoms with Crippen LogP contribution in [-0.2, 0) is 16.9 Å². The molecule has 1 aliphatic rings. The standard InChI is InChI=1S/C22H23F3N4O4.C2H6/c1-2-6-18-13-28(20(31)33-14-16-7-4-3-5-8-16)9-10-29(18)19-26-11-17(12-27-19)21(32,15-30)22(23,24)25;1-2/h3-5,7-8,11-12,18,30,32H,9-10,13-15H2,1H3;1-2H3. The van der Waals surface area contributed by atoms with Gasteiger partial charge in [-0.15, -0.1) is 5.92 Å². The van der Waals surface area contributed by atoms with Crippen LogP contribution < -0.4 is 4.90 Å². The number of aliphatic hydroxyl groups is 2. The van der Waals surface area contributed by atoms with Crippen LogP contribution in [0.2, 0.25) is 0 Å². The van der Waals surface area contributed by atoms with Gasteiger partial charge in [-0.05, 0) is 12.5 Å². The van der Waals surface area contributed by atoms with Crippen LogP contribution in [-0.4, -0.2) is 69.6 Å². The topological polar surface area (TPSA) is 99.0 Å². The van der Waals surface area contributed by atoms with E-state index in [1.54, 1.807) is 11.8 Å². The number of carbonyl (C=O) groups is 1. The fourth-order valence-corrected chi connectivity index (χ4v) is 3.32. The van der Waals surface area contributed by atoms with Crippen LogP contribution in [0.5, 0.6) is 0 Å². The van der Waals surface area contributed by atoms with Crippen molar-refractivity contribution in [2.45, 2.75) is 45.2 Å². The molecule has 3 rings (SSSR count). The summed E-state index contributed by atoms with van der Waals surface area (Å²) in [6, 6.07) is 8.72. The SMILES string of the molecule is CC.CC#CC1CN(C(=O)OCc2ccccc2)CCN1c1ncc(C(O)(CO)C(F)(F)F)cn1. The first-order chi connectivity index (χ1) is 16.7. The number of ether oxygens (including phenoxy) is 1. The van der Waals surface area contributed by atoms with E-state index in [2.05, 4.69) is 21.8 Å². The molecule has 1 saturated heterocycles. The van der Waals surface area contributed by atoms with E-state index in [1.807, 2.05) is 44.2 Å². The summed E-state index contributed by atoms with van der Waals surface area (Å²) in [4.78, 5) is 23.5. The molecule has 1 aromatic carbocycles. The Morgan fingerprint density at radius 2 is 1.80 bits per heavy atom. The Hall–Kier alpha value is -3.36. The molecule has 2 heterocycles. The third-order valence-corrected chi connectivity index (χ3v) is 5.23. The number of aromatic nitrogens is 2. The van der Waals surface area contributed by atoms with Crippen molar-refractivity contribution in [3.05, 3.63) is 53.9 Å². The smallest absolute Gasteiger partial charge is 0.423 e. The molecule has 0 spiro atoms. The van der Waals surface area contributed by atoms with E-state index in [-0.39, 0.29) is 32.2 Å². The fraction of sp³-hybridized carbons (Fsp3) is 0.458. The molecular formula is C24H29F3N4O4. The molecule has 2 aromatic rings. The Balaban J connectivity index is 0.00000210. The van der Waals surface area contributed by atoms with Crippen molar-refractivity contribution < 1.29 is 32.9 Å². The van der Waals surface area contributed by atoms with Gasteiger partial charge in [0.05, 0.1) is 13.2 Å². The number of amides is 1. The summed E-state index contributed by atoms with van der Waals surface area (Å²) in [7, 11) is 0. The third kappa shape index (κ3) is 6.61. The first-order valence-electron chi connectivity index (χ1n) is 11.1. The fourth-order valence-electron chi connectivity index (χ4n) is 3.32. The van der Waals surface area contributed by atoms with Crippen molar-refractivity contribution in [3.63, 3.8) is 0 Å². The summed E-state index contributed by atoms with van der Waals surface area (Å²) in [6.45, 7) is 4.91.